The molecule has 284 valence electrons. The molecule has 0 radical (unpaired) electrons. The fourth-order valence-corrected chi connectivity index (χ4v) is 10.4. The molecule has 1 aromatic heterocycles. The molecule has 1 aliphatic heterocycles. The Balaban J connectivity index is 1.34. The van der Waals surface area contributed by atoms with E-state index in [1.54, 1.807) is 67.6 Å². The van der Waals surface area contributed by atoms with Crippen LogP contribution in [0.15, 0.2) is 123 Å². The van der Waals surface area contributed by atoms with E-state index in [0.29, 0.717) is 67.1 Å². The normalized spacial score (nSPS) is 15.7. The van der Waals surface area contributed by atoms with Crippen molar-refractivity contribution in [1.29, 1.82) is 0 Å². The number of hydrogen-bond donors (Lipinski definition) is 0. The summed E-state index contributed by atoms with van der Waals surface area (Å²) in [7, 11) is -4.46. The van der Waals surface area contributed by atoms with E-state index in [0.717, 1.165) is 12.1 Å². The van der Waals surface area contributed by atoms with Crippen molar-refractivity contribution in [3.63, 3.8) is 0 Å². The fourth-order valence-electron chi connectivity index (χ4n) is 8.48. The van der Waals surface area contributed by atoms with Gasteiger partial charge in [-0.05, 0) is 123 Å². The molecule has 0 bridgehead atoms. The third kappa shape index (κ3) is 5.10. The summed E-state index contributed by atoms with van der Waals surface area (Å²) >= 11 is 0. The highest BCUT2D eigenvalue weighted by molar-refractivity contribution is 7.96. The van der Waals surface area contributed by atoms with Gasteiger partial charge in [-0.1, -0.05) is 42.5 Å². The van der Waals surface area contributed by atoms with Crippen molar-refractivity contribution in [2.75, 3.05) is 0 Å². The van der Waals surface area contributed by atoms with Crippen LogP contribution in [0.1, 0.15) is 50.3 Å². The van der Waals surface area contributed by atoms with Gasteiger partial charge in [0, 0.05) is 33.2 Å². The summed E-state index contributed by atoms with van der Waals surface area (Å²) in [4.78, 5) is -0.564. The standard InChI is InChI=1S/C44H21F9O3S/c1-20-10-23(12-25(11-20)42(45,46)47)36-30-15-21-18-33-31(16-22(21)17-32(30)38-28-6-2-4-8-34(28)56-40(36)38)37(41-39(33)29-7-3-5-9-35(29)57(41,54)55)24-13-26(43(48,49)50)19-27(14-24)44(51,52)53/h2-19H,1H3. The van der Waals surface area contributed by atoms with E-state index in [9.17, 15) is 47.9 Å². The Bertz CT molecular complexity index is 3240. The number of para-hydroxylation sites is 1. The zero-order chi connectivity index (χ0) is 40.1. The summed E-state index contributed by atoms with van der Waals surface area (Å²) in [5.74, 6) is 0.324. The molecule has 3 nitrogen and oxygen atoms in total. The molecule has 7 aromatic rings. The van der Waals surface area contributed by atoms with Crippen LogP contribution in [0.4, 0.5) is 39.5 Å². The molecule has 0 spiro atoms. The molecule has 0 unspecified atom stereocenters. The van der Waals surface area contributed by atoms with Crippen molar-refractivity contribution in [1.82, 2.24) is 0 Å². The van der Waals surface area contributed by atoms with Crippen molar-refractivity contribution in [3.05, 3.63) is 175 Å². The van der Waals surface area contributed by atoms with Gasteiger partial charge in [-0.15, -0.1) is 0 Å². The largest absolute Gasteiger partial charge is 0.455 e. The van der Waals surface area contributed by atoms with Crippen LogP contribution in [0, 0.1) is 6.92 Å². The Labute approximate surface area is 316 Å². The lowest BCUT2D eigenvalue weighted by atomic mass is 9.94. The van der Waals surface area contributed by atoms with Gasteiger partial charge in [-0.3, -0.25) is 0 Å². The summed E-state index contributed by atoms with van der Waals surface area (Å²) in [6, 6.07) is 24.3. The summed E-state index contributed by atoms with van der Waals surface area (Å²) < 4.78 is 162. The lowest BCUT2D eigenvalue weighted by molar-refractivity contribution is -0.143. The molecule has 0 fully saturated rings. The molecule has 57 heavy (non-hydrogen) atoms. The minimum atomic E-state index is -5.20. The number of rotatable bonds is 2. The van der Waals surface area contributed by atoms with Crippen LogP contribution in [0.2, 0.25) is 0 Å². The smallest absolute Gasteiger partial charge is 0.416 e. The minimum Gasteiger partial charge on any atom is -0.455 e. The zero-order valence-corrected chi connectivity index (χ0v) is 29.7. The first-order chi connectivity index (χ1) is 26.8. The second-order valence-electron chi connectivity index (χ2n) is 14.3. The summed E-state index contributed by atoms with van der Waals surface area (Å²) in [6.07, 6.45) is -15.1. The van der Waals surface area contributed by atoms with Gasteiger partial charge in [0.2, 0.25) is 9.84 Å². The predicted molar refractivity (Wildman–Crippen MR) is 195 cm³/mol. The van der Waals surface area contributed by atoms with E-state index < -0.39 is 55.5 Å². The average Bonchev–Trinajstić information content (AvgIpc) is 3.83. The maximum absolute atomic E-state index is 14.3. The van der Waals surface area contributed by atoms with Crippen LogP contribution in [-0.2, 0) is 28.4 Å². The Morgan fingerprint density at radius 3 is 1.72 bits per heavy atom. The number of allylic oxidation sites excluding steroid dienone is 1. The highest BCUT2D eigenvalue weighted by atomic mass is 32.2. The molecule has 2 heterocycles. The molecular weight excluding hydrogens is 780 g/mol. The van der Waals surface area contributed by atoms with Gasteiger partial charge in [0.25, 0.3) is 0 Å². The first-order valence-corrected chi connectivity index (χ1v) is 18.8. The third-order valence-corrected chi connectivity index (χ3v) is 12.6. The topological polar surface area (TPSA) is 47.3 Å². The van der Waals surface area contributed by atoms with Gasteiger partial charge in [0.05, 0.1) is 26.5 Å². The van der Waals surface area contributed by atoms with Gasteiger partial charge < -0.3 is 4.42 Å². The van der Waals surface area contributed by atoms with Gasteiger partial charge in [-0.2, -0.15) is 39.5 Å². The van der Waals surface area contributed by atoms with Crippen LogP contribution < -0.4 is 10.4 Å². The van der Waals surface area contributed by atoms with Crippen molar-refractivity contribution in [2.45, 2.75) is 30.3 Å². The van der Waals surface area contributed by atoms with Gasteiger partial charge in [0.1, 0.15) is 11.3 Å². The molecular formula is C44H21F9O3S. The van der Waals surface area contributed by atoms with Crippen LogP contribution in [-0.4, -0.2) is 8.42 Å². The Kier molecular flexibility index (Phi) is 6.99. The van der Waals surface area contributed by atoms with Gasteiger partial charge in [0.15, 0.2) is 0 Å². The number of aryl methyl sites for hydroxylation is 1. The molecule has 0 saturated carbocycles. The number of sulfone groups is 1. The lowest BCUT2D eigenvalue weighted by Crippen LogP contribution is -2.16. The highest BCUT2D eigenvalue weighted by Crippen LogP contribution is 2.51. The van der Waals surface area contributed by atoms with Crippen molar-refractivity contribution in [3.8, 4) is 11.1 Å². The van der Waals surface area contributed by atoms with E-state index in [-0.39, 0.29) is 44.0 Å². The number of benzene rings is 6. The number of hydrogen-bond acceptors (Lipinski definition) is 3. The van der Waals surface area contributed by atoms with Crippen LogP contribution in [0.25, 0.3) is 49.6 Å². The molecule has 0 amide bonds. The number of halogens is 9. The Hall–Kier alpha value is -6.08. The zero-order valence-electron chi connectivity index (χ0n) is 28.9. The van der Waals surface area contributed by atoms with Gasteiger partial charge in [-0.25, -0.2) is 8.42 Å². The second kappa shape index (κ2) is 11.3. The molecule has 10 rings (SSSR count). The van der Waals surface area contributed by atoms with Crippen LogP contribution in [0.3, 0.4) is 0 Å². The van der Waals surface area contributed by atoms with Crippen molar-refractivity contribution < 1.29 is 52.3 Å². The predicted octanol–water partition coefficient (Wildman–Crippen LogP) is 10.9. The quantitative estimate of drug-likeness (QED) is 0.164. The van der Waals surface area contributed by atoms with E-state index in [2.05, 4.69) is 0 Å². The maximum Gasteiger partial charge on any atom is 0.416 e. The van der Waals surface area contributed by atoms with E-state index >= 15 is 0 Å². The molecule has 3 aliphatic rings. The van der Waals surface area contributed by atoms with Crippen molar-refractivity contribution >= 4 is 48.3 Å². The van der Waals surface area contributed by atoms with E-state index in [1.165, 1.54) is 18.2 Å². The number of alkyl halides is 9. The summed E-state index contributed by atoms with van der Waals surface area (Å²) in [5, 5.41) is 2.21. The lowest BCUT2D eigenvalue weighted by Gasteiger charge is -2.16. The first kappa shape index (κ1) is 35.3. The summed E-state index contributed by atoms with van der Waals surface area (Å²) in [5.41, 5.74) is -1.77. The molecule has 6 aromatic carbocycles. The number of fused-ring (bicyclic) bond motifs is 10. The summed E-state index contributed by atoms with van der Waals surface area (Å²) in [6.45, 7) is 1.55. The molecule has 0 N–H and O–H groups in total. The SMILES string of the molecule is Cc1cc(C2=c3cc4cc5c(cc4cc3-c3c2oc2ccccc32)=C(c2cc(C(F)(F)F)cc(C(F)(F)F)c2)C2=C5c3ccccc3S2(=O)=O)cc(C(F)(F)F)c1. The van der Waals surface area contributed by atoms with Crippen LogP contribution in [0.5, 0.6) is 0 Å². The molecule has 0 saturated heterocycles. The van der Waals surface area contributed by atoms with Gasteiger partial charge >= 0.3 is 18.5 Å². The Morgan fingerprint density at radius 1 is 0.526 bits per heavy atom. The first-order valence-electron chi connectivity index (χ1n) is 17.3. The third-order valence-electron chi connectivity index (χ3n) is 10.8. The minimum absolute atomic E-state index is 0.0103. The monoisotopic (exact) mass is 800 g/mol. The molecule has 0 atom stereocenters. The Morgan fingerprint density at radius 2 is 1.07 bits per heavy atom. The number of furan rings is 1. The maximum atomic E-state index is 14.3. The molecule has 2 aliphatic carbocycles. The fraction of sp³-hybridized carbons (Fsp3) is 0.0909. The van der Waals surface area contributed by atoms with E-state index in [1.807, 2.05) is 0 Å². The average molecular weight is 801 g/mol. The van der Waals surface area contributed by atoms with Crippen LogP contribution >= 0.6 is 0 Å². The van der Waals surface area contributed by atoms with E-state index in [4.69, 9.17) is 4.42 Å². The van der Waals surface area contributed by atoms with Crippen molar-refractivity contribution in [2.24, 2.45) is 0 Å². The highest BCUT2D eigenvalue weighted by Gasteiger charge is 2.44. The second-order valence-corrected chi connectivity index (χ2v) is 16.1. The molecule has 13 heteroatoms.